The molecule has 2 amide bonds. The molecule has 1 N–H and O–H groups in total. The molecule has 1 aromatic heterocycles. The average molecular weight is 419 g/mol. The molecule has 0 bridgehead atoms. The first-order chi connectivity index (χ1) is 13.9. The van der Waals surface area contributed by atoms with Gasteiger partial charge in [-0.1, -0.05) is 0 Å². The van der Waals surface area contributed by atoms with E-state index in [9.17, 15) is 14.4 Å². The van der Waals surface area contributed by atoms with Crippen LogP contribution < -0.4 is 10.1 Å². The van der Waals surface area contributed by atoms with Crippen molar-refractivity contribution in [3.8, 4) is 5.75 Å². The number of anilines is 1. The van der Waals surface area contributed by atoms with Crippen molar-refractivity contribution in [2.45, 2.75) is 27.7 Å². The molecule has 156 valence electrons. The quantitative estimate of drug-likeness (QED) is 0.656. The van der Waals surface area contributed by atoms with Crippen molar-refractivity contribution in [3.63, 3.8) is 0 Å². The second-order valence-electron chi connectivity index (χ2n) is 6.14. The van der Waals surface area contributed by atoms with E-state index < -0.39 is 5.97 Å². The van der Waals surface area contributed by atoms with Crippen LogP contribution in [-0.2, 0) is 4.74 Å². The maximum atomic E-state index is 12.8. The highest BCUT2D eigenvalue weighted by Crippen LogP contribution is 2.35. The largest absolute Gasteiger partial charge is 0.494 e. The number of thiophene rings is 1. The van der Waals surface area contributed by atoms with Crippen LogP contribution in [0.1, 0.15) is 56.7 Å². The molecule has 0 atom stereocenters. The van der Waals surface area contributed by atoms with Crippen molar-refractivity contribution >= 4 is 34.1 Å². The van der Waals surface area contributed by atoms with Gasteiger partial charge in [-0.05, 0) is 57.5 Å². The zero-order valence-corrected chi connectivity index (χ0v) is 18.1. The van der Waals surface area contributed by atoms with E-state index in [4.69, 9.17) is 9.47 Å². The van der Waals surface area contributed by atoms with Crippen LogP contribution in [0.4, 0.5) is 5.00 Å². The Bertz CT molecular complexity index is 885. The van der Waals surface area contributed by atoms with Gasteiger partial charge < -0.3 is 19.7 Å². The van der Waals surface area contributed by atoms with Crippen molar-refractivity contribution in [2.75, 3.05) is 32.1 Å². The molecule has 0 aliphatic heterocycles. The molecule has 0 spiro atoms. The summed E-state index contributed by atoms with van der Waals surface area (Å²) < 4.78 is 10.2. The fourth-order valence-corrected chi connectivity index (χ4v) is 4.01. The van der Waals surface area contributed by atoms with Gasteiger partial charge in [-0.3, -0.25) is 9.59 Å². The Morgan fingerprint density at radius 1 is 1.07 bits per heavy atom. The lowest BCUT2D eigenvalue weighted by molar-refractivity contribution is 0.0601. The molecule has 0 radical (unpaired) electrons. The van der Waals surface area contributed by atoms with Gasteiger partial charge in [-0.15, -0.1) is 11.3 Å². The number of ether oxygens (including phenoxy) is 2. The number of carbonyl (C=O) groups is 3. The summed E-state index contributed by atoms with van der Waals surface area (Å²) >= 11 is 1.08. The summed E-state index contributed by atoms with van der Waals surface area (Å²) in [5.41, 5.74) is 1.11. The van der Waals surface area contributed by atoms with Crippen molar-refractivity contribution in [1.82, 2.24) is 4.90 Å². The molecular formula is C21H26N2O5S. The average Bonchev–Trinajstić information content (AvgIpc) is 3.04. The van der Waals surface area contributed by atoms with Crippen LogP contribution >= 0.6 is 11.3 Å². The van der Waals surface area contributed by atoms with Gasteiger partial charge in [-0.2, -0.15) is 0 Å². The van der Waals surface area contributed by atoms with E-state index in [1.54, 1.807) is 36.1 Å². The predicted octanol–water partition coefficient (Wildman–Crippen LogP) is 3.98. The molecule has 0 saturated heterocycles. The molecule has 8 heteroatoms. The third-order valence-corrected chi connectivity index (χ3v) is 5.63. The Kier molecular flexibility index (Phi) is 7.78. The molecule has 1 heterocycles. The zero-order chi connectivity index (χ0) is 21.6. The second kappa shape index (κ2) is 10.1. The summed E-state index contributed by atoms with van der Waals surface area (Å²) in [6, 6.07) is 6.68. The van der Waals surface area contributed by atoms with Gasteiger partial charge in [0.25, 0.3) is 11.8 Å². The number of esters is 1. The monoisotopic (exact) mass is 418 g/mol. The van der Waals surface area contributed by atoms with Crippen LogP contribution in [0.5, 0.6) is 5.75 Å². The number of benzene rings is 1. The molecule has 0 saturated carbocycles. The van der Waals surface area contributed by atoms with Gasteiger partial charge in [0, 0.05) is 18.7 Å². The van der Waals surface area contributed by atoms with Crippen LogP contribution in [0.3, 0.4) is 0 Å². The minimum Gasteiger partial charge on any atom is -0.494 e. The third kappa shape index (κ3) is 4.95. The van der Waals surface area contributed by atoms with E-state index in [0.29, 0.717) is 46.5 Å². The Morgan fingerprint density at radius 3 is 2.21 bits per heavy atom. The standard InChI is InChI=1S/C21H26N2O5S/c1-6-23(7-2)20(25)17-13(4)16(21(26)27-5)19(29-17)22-18(24)14-9-11-15(12-10-14)28-8-3/h9-12H,6-8H2,1-5H3,(H,22,24). The van der Waals surface area contributed by atoms with Crippen molar-refractivity contribution in [1.29, 1.82) is 0 Å². The number of carbonyl (C=O) groups excluding carboxylic acids is 3. The summed E-state index contributed by atoms with van der Waals surface area (Å²) in [4.78, 5) is 39.9. The van der Waals surface area contributed by atoms with Gasteiger partial charge >= 0.3 is 5.97 Å². The maximum Gasteiger partial charge on any atom is 0.341 e. The lowest BCUT2D eigenvalue weighted by Crippen LogP contribution is -2.30. The number of methoxy groups -OCH3 is 1. The first-order valence-electron chi connectivity index (χ1n) is 9.42. The molecule has 7 nitrogen and oxygen atoms in total. The fourth-order valence-electron chi connectivity index (χ4n) is 2.85. The number of hydrogen-bond acceptors (Lipinski definition) is 6. The smallest absolute Gasteiger partial charge is 0.341 e. The lowest BCUT2D eigenvalue weighted by atomic mass is 10.1. The number of nitrogens with zero attached hydrogens (tertiary/aromatic N) is 1. The van der Waals surface area contributed by atoms with E-state index in [0.717, 1.165) is 11.3 Å². The minimum atomic E-state index is -0.598. The highest BCUT2D eigenvalue weighted by atomic mass is 32.1. The van der Waals surface area contributed by atoms with Gasteiger partial charge in [0.1, 0.15) is 10.8 Å². The van der Waals surface area contributed by atoms with Crippen molar-refractivity contribution in [2.24, 2.45) is 0 Å². The Morgan fingerprint density at radius 2 is 1.69 bits per heavy atom. The molecule has 1 aromatic carbocycles. The second-order valence-corrected chi connectivity index (χ2v) is 7.16. The Balaban J connectivity index is 2.37. The van der Waals surface area contributed by atoms with E-state index >= 15 is 0 Å². The molecule has 29 heavy (non-hydrogen) atoms. The van der Waals surface area contributed by atoms with Crippen LogP contribution in [-0.4, -0.2) is 49.5 Å². The first-order valence-corrected chi connectivity index (χ1v) is 10.2. The third-order valence-electron chi connectivity index (χ3n) is 4.44. The van der Waals surface area contributed by atoms with Gasteiger partial charge in [0.05, 0.1) is 24.2 Å². The van der Waals surface area contributed by atoms with E-state index in [2.05, 4.69) is 5.32 Å². The summed E-state index contributed by atoms with van der Waals surface area (Å²) in [5, 5.41) is 3.05. The van der Waals surface area contributed by atoms with E-state index in [1.807, 2.05) is 20.8 Å². The number of nitrogens with one attached hydrogen (secondary N) is 1. The molecule has 0 fully saturated rings. The number of rotatable bonds is 8. The topological polar surface area (TPSA) is 84.9 Å². The highest BCUT2D eigenvalue weighted by Gasteiger charge is 2.28. The van der Waals surface area contributed by atoms with E-state index in [1.165, 1.54) is 7.11 Å². The lowest BCUT2D eigenvalue weighted by Gasteiger charge is -2.17. The number of hydrogen-bond donors (Lipinski definition) is 1. The van der Waals surface area contributed by atoms with Gasteiger partial charge in [-0.25, -0.2) is 4.79 Å². The normalized spacial score (nSPS) is 10.4. The van der Waals surface area contributed by atoms with Crippen LogP contribution in [0.15, 0.2) is 24.3 Å². The molecule has 0 aliphatic carbocycles. The van der Waals surface area contributed by atoms with E-state index in [-0.39, 0.29) is 17.4 Å². The molecule has 2 aromatic rings. The number of amides is 2. The Labute approximate surface area is 174 Å². The zero-order valence-electron chi connectivity index (χ0n) is 17.3. The first kappa shape index (κ1) is 22.4. The SMILES string of the molecule is CCOc1ccc(C(=O)Nc2sc(C(=O)N(CC)CC)c(C)c2C(=O)OC)cc1. The summed E-state index contributed by atoms with van der Waals surface area (Å²) in [5.74, 6) is -0.497. The van der Waals surface area contributed by atoms with Crippen molar-refractivity contribution in [3.05, 3.63) is 45.8 Å². The molecule has 0 unspecified atom stereocenters. The van der Waals surface area contributed by atoms with Crippen molar-refractivity contribution < 1.29 is 23.9 Å². The maximum absolute atomic E-state index is 12.8. The fraction of sp³-hybridized carbons (Fsp3) is 0.381. The highest BCUT2D eigenvalue weighted by molar-refractivity contribution is 7.18. The summed E-state index contributed by atoms with van der Waals surface area (Å²) in [7, 11) is 1.27. The molecule has 0 aliphatic rings. The summed E-state index contributed by atoms with van der Waals surface area (Å²) in [6.45, 7) is 8.98. The predicted molar refractivity (Wildman–Crippen MR) is 113 cm³/mol. The Hall–Kier alpha value is -2.87. The molecule has 2 rings (SSSR count). The summed E-state index contributed by atoms with van der Waals surface area (Å²) in [6.07, 6.45) is 0. The van der Waals surface area contributed by atoms with Crippen LogP contribution in [0, 0.1) is 6.92 Å². The van der Waals surface area contributed by atoms with Crippen LogP contribution in [0.2, 0.25) is 0 Å². The minimum absolute atomic E-state index is 0.177. The van der Waals surface area contributed by atoms with Crippen LogP contribution in [0.25, 0.3) is 0 Å². The van der Waals surface area contributed by atoms with Gasteiger partial charge in [0.15, 0.2) is 0 Å². The molecular weight excluding hydrogens is 392 g/mol. The van der Waals surface area contributed by atoms with Gasteiger partial charge in [0.2, 0.25) is 0 Å².